The maximum Gasteiger partial charge on any atom is 0.211 e. The van der Waals surface area contributed by atoms with E-state index in [1.807, 2.05) is 24.3 Å². The number of piperazine rings is 1. The van der Waals surface area contributed by atoms with Crippen LogP contribution in [0.1, 0.15) is 5.56 Å². The average Bonchev–Trinajstić information content (AvgIpc) is 2.32. The molecule has 100 valence electrons. The lowest BCUT2D eigenvalue weighted by Gasteiger charge is -2.33. The fourth-order valence-electron chi connectivity index (χ4n) is 2.09. The summed E-state index contributed by atoms with van der Waals surface area (Å²) in [6.45, 7) is 3.39. The van der Waals surface area contributed by atoms with Crippen LogP contribution in [0.25, 0.3) is 0 Å². The van der Waals surface area contributed by atoms with Gasteiger partial charge < -0.3 is 0 Å². The van der Waals surface area contributed by atoms with Crippen LogP contribution in [0.2, 0.25) is 5.02 Å². The van der Waals surface area contributed by atoms with Gasteiger partial charge in [0.2, 0.25) is 10.0 Å². The molecule has 0 spiro atoms. The van der Waals surface area contributed by atoms with Crippen LogP contribution >= 0.6 is 11.6 Å². The van der Waals surface area contributed by atoms with Crippen molar-refractivity contribution in [3.05, 3.63) is 34.9 Å². The molecule has 0 aromatic heterocycles. The normalized spacial score (nSPS) is 19.0. The Hall–Kier alpha value is -0.620. The lowest BCUT2D eigenvalue weighted by molar-refractivity contribution is 0.182. The molecule has 18 heavy (non-hydrogen) atoms. The molecular formula is C12H17ClN2O2S. The molecule has 0 atom stereocenters. The second-order valence-corrected chi connectivity index (χ2v) is 6.92. The third kappa shape index (κ3) is 3.45. The van der Waals surface area contributed by atoms with Crippen LogP contribution in [-0.2, 0) is 16.6 Å². The van der Waals surface area contributed by atoms with E-state index in [0.717, 1.165) is 30.2 Å². The Labute approximate surface area is 113 Å². The second-order valence-electron chi connectivity index (χ2n) is 4.53. The van der Waals surface area contributed by atoms with E-state index >= 15 is 0 Å². The number of rotatable bonds is 3. The summed E-state index contributed by atoms with van der Waals surface area (Å²) in [6.07, 6.45) is 1.26. The van der Waals surface area contributed by atoms with E-state index in [-0.39, 0.29) is 0 Å². The van der Waals surface area contributed by atoms with E-state index in [1.165, 1.54) is 10.6 Å². The average molecular weight is 289 g/mol. The summed E-state index contributed by atoms with van der Waals surface area (Å²) >= 11 is 6.11. The number of hydrogen-bond donors (Lipinski definition) is 0. The van der Waals surface area contributed by atoms with Crippen molar-refractivity contribution < 1.29 is 8.42 Å². The first-order valence-corrected chi connectivity index (χ1v) is 8.10. The highest BCUT2D eigenvalue weighted by Crippen LogP contribution is 2.18. The summed E-state index contributed by atoms with van der Waals surface area (Å²) in [5.41, 5.74) is 1.09. The first-order valence-electron chi connectivity index (χ1n) is 5.88. The van der Waals surface area contributed by atoms with Crippen molar-refractivity contribution in [2.75, 3.05) is 32.4 Å². The zero-order valence-corrected chi connectivity index (χ0v) is 11.9. The van der Waals surface area contributed by atoms with E-state index in [4.69, 9.17) is 11.6 Å². The van der Waals surface area contributed by atoms with Gasteiger partial charge in [0.1, 0.15) is 0 Å². The van der Waals surface area contributed by atoms with Crippen molar-refractivity contribution in [2.45, 2.75) is 6.54 Å². The van der Waals surface area contributed by atoms with Gasteiger partial charge in [-0.25, -0.2) is 8.42 Å². The minimum Gasteiger partial charge on any atom is -0.296 e. The van der Waals surface area contributed by atoms with E-state index < -0.39 is 10.0 Å². The van der Waals surface area contributed by atoms with Crippen LogP contribution < -0.4 is 0 Å². The molecule has 0 saturated carbocycles. The van der Waals surface area contributed by atoms with Gasteiger partial charge in [0.05, 0.1) is 6.26 Å². The Bertz CT molecular complexity index is 511. The van der Waals surface area contributed by atoms with Crippen LogP contribution in [0.3, 0.4) is 0 Å². The second kappa shape index (κ2) is 5.57. The molecule has 0 unspecified atom stereocenters. The topological polar surface area (TPSA) is 40.6 Å². The van der Waals surface area contributed by atoms with Crippen LogP contribution in [0.15, 0.2) is 24.3 Å². The Morgan fingerprint density at radius 2 is 1.78 bits per heavy atom. The molecule has 0 radical (unpaired) electrons. The van der Waals surface area contributed by atoms with E-state index in [0.29, 0.717) is 13.1 Å². The van der Waals surface area contributed by atoms with Crippen molar-refractivity contribution in [2.24, 2.45) is 0 Å². The van der Waals surface area contributed by atoms with Crippen molar-refractivity contribution in [1.82, 2.24) is 9.21 Å². The predicted octanol–water partition coefficient (Wildman–Crippen LogP) is 1.42. The van der Waals surface area contributed by atoms with Gasteiger partial charge in [0.15, 0.2) is 0 Å². The molecule has 1 aromatic rings. The molecular weight excluding hydrogens is 272 g/mol. The summed E-state index contributed by atoms with van der Waals surface area (Å²) < 4.78 is 24.3. The molecule has 1 saturated heterocycles. The maximum absolute atomic E-state index is 11.4. The number of halogens is 1. The molecule has 4 nitrogen and oxygen atoms in total. The lowest BCUT2D eigenvalue weighted by atomic mass is 10.2. The van der Waals surface area contributed by atoms with Gasteiger partial charge >= 0.3 is 0 Å². The van der Waals surface area contributed by atoms with Gasteiger partial charge in [-0.2, -0.15) is 4.31 Å². The van der Waals surface area contributed by atoms with Crippen LogP contribution in [0, 0.1) is 0 Å². The predicted molar refractivity (Wildman–Crippen MR) is 73.1 cm³/mol. The fraction of sp³-hybridized carbons (Fsp3) is 0.500. The molecule has 1 aliphatic heterocycles. The molecule has 1 aromatic carbocycles. The molecule has 1 aliphatic rings. The van der Waals surface area contributed by atoms with Crippen LogP contribution in [0.4, 0.5) is 0 Å². The monoisotopic (exact) mass is 288 g/mol. The molecule has 2 rings (SSSR count). The number of benzene rings is 1. The Balaban J connectivity index is 1.94. The first-order chi connectivity index (χ1) is 8.47. The summed E-state index contributed by atoms with van der Waals surface area (Å²) in [6, 6.07) is 7.76. The lowest BCUT2D eigenvalue weighted by Crippen LogP contribution is -2.47. The SMILES string of the molecule is CS(=O)(=O)N1CCN(Cc2ccccc2Cl)CC1. The fourth-order valence-corrected chi connectivity index (χ4v) is 3.11. The van der Waals surface area contributed by atoms with Gasteiger partial charge in [0.25, 0.3) is 0 Å². The maximum atomic E-state index is 11.4. The highest BCUT2D eigenvalue weighted by atomic mass is 35.5. The van der Waals surface area contributed by atoms with Crippen molar-refractivity contribution in [3.63, 3.8) is 0 Å². The third-order valence-corrected chi connectivity index (χ3v) is 4.82. The van der Waals surface area contributed by atoms with Crippen molar-refractivity contribution in [3.8, 4) is 0 Å². The zero-order valence-electron chi connectivity index (χ0n) is 10.3. The molecule has 1 heterocycles. The molecule has 0 N–H and O–H groups in total. The minimum absolute atomic E-state index is 0.559. The van der Waals surface area contributed by atoms with Gasteiger partial charge in [-0.05, 0) is 11.6 Å². The molecule has 0 bridgehead atoms. The van der Waals surface area contributed by atoms with E-state index in [9.17, 15) is 8.42 Å². The quantitative estimate of drug-likeness (QED) is 0.845. The van der Waals surface area contributed by atoms with Crippen LogP contribution in [0.5, 0.6) is 0 Å². The van der Waals surface area contributed by atoms with Gasteiger partial charge in [0, 0.05) is 37.7 Å². The van der Waals surface area contributed by atoms with Crippen molar-refractivity contribution in [1.29, 1.82) is 0 Å². The molecule has 0 aliphatic carbocycles. The highest BCUT2D eigenvalue weighted by Gasteiger charge is 2.23. The van der Waals surface area contributed by atoms with Gasteiger partial charge in [-0.1, -0.05) is 29.8 Å². The van der Waals surface area contributed by atoms with E-state index in [2.05, 4.69) is 4.90 Å². The van der Waals surface area contributed by atoms with Crippen LogP contribution in [-0.4, -0.2) is 50.1 Å². The van der Waals surface area contributed by atoms with Crippen molar-refractivity contribution >= 4 is 21.6 Å². The largest absolute Gasteiger partial charge is 0.296 e. The third-order valence-electron chi connectivity index (χ3n) is 3.15. The molecule has 0 amide bonds. The smallest absolute Gasteiger partial charge is 0.211 e. The standard InChI is InChI=1S/C12H17ClN2O2S/c1-18(16,17)15-8-6-14(7-9-15)10-11-4-2-3-5-12(11)13/h2-5H,6-10H2,1H3. The summed E-state index contributed by atoms with van der Waals surface area (Å²) in [4.78, 5) is 2.23. The first kappa shape index (κ1) is 13.8. The van der Waals surface area contributed by atoms with E-state index in [1.54, 1.807) is 0 Å². The number of sulfonamides is 1. The minimum atomic E-state index is -3.05. The van der Waals surface area contributed by atoms with Gasteiger partial charge in [-0.15, -0.1) is 0 Å². The summed E-state index contributed by atoms with van der Waals surface area (Å²) in [5.74, 6) is 0. The summed E-state index contributed by atoms with van der Waals surface area (Å²) in [5, 5.41) is 0.767. The summed E-state index contributed by atoms with van der Waals surface area (Å²) in [7, 11) is -3.05. The molecule has 6 heteroatoms. The Morgan fingerprint density at radius 3 is 2.33 bits per heavy atom. The Morgan fingerprint density at radius 1 is 1.17 bits per heavy atom. The number of nitrogens with zero attached hydrogens (tertiary/aromatic N) is 2. The highest BCUT2D eigenvalue weighted by molar-refractivity contribution is 7.88. The Kier molecular flexibility index (Phi) is 4.27. The zero-order chi connectivity index (χ0) is 13.2. The number of hydrogen-bond acceptors (Lipinski definition) is 3. The molecule has 1 fully saturated rings. The van der Waals surface area contributed by atoms with Gasteiger partial charge in [-0.3, -0.25) is 4.90 Å².